The summed E-state index contributed by atoms with van der Waals surface area (Å²) in [4.78, 5) is 0.417. The lowest BCUT2D eigenvalue weighted by Gasteiger charge is -2.49. The zero-order valence-electron chi connectivity index (χ0n) is 20.0. The minimum absolute atomic E-state index is 0.121. The van der Waals surface area contributed by atoms with Gasteiger partial charge in [-0.1, -0.05) is 55.0 Å². The van der Waals surface area contributed by atoms with Crippen molar-refractivity contribution >= 4 is 10.0 Å². The van der Waals surface area contributed by atoms with Gasteiger partial charge in [-0.3, -0.25) is 0 Å². The molecule has 2 bridgehead atoms. The average molecular weight is 475 g/mol. The Morgan fingerprint density at radius 1 is 0.941 bits per heavy atom. The van der Waals surface area contributed by atoms with Crippen LogP contribution in [0.1, 0.15) is 48.9 Å². The number of aryl methyl sites for hydroxylation is 1. The summed E-state index contributed by atoms with van der Waals surface area (Å²) in [6, 6.07) is 19.8. The first-order valence-electron chi connectivity index (χ1n) is 12.7. The number of sulfonamides is 1. The molecule has 2 aliphatic carbocycles. The summed E-state index contributed by atoms with van der Waals surface area (Å²) in [5.41, 5.74) is 3.45. The molecule has 34 heavy (non-hydrogen) atoms. The predicted octanol–water partition coefficient (Wildman–Crippen LogP) is 5.89. The van der Waals surface area contributed by atoms with Crippen molar-refractivity contribution in [3.8, 4) is 0 Å². The van der Waals surface area contributed by atoms with E-state index in [1.54, 1.807) is 12.1 Å². The Kier molecular flexibility index (Phi) is 5.45. The van der Waals surface area contributed by atoms with Crippen molar-refractivity contribution in [2.45, 2.75) is 50.6 Å². The van der Waals surface area contributed by atoms with E-state index in [0.717, 1.165) is 23.6 Å². The van der Waals surface area contributed by atoms with E-state index in [1.165, 1.54) is 24.8 Å². The fourth-order valence-corrected chi connectivity index (χ4v) is 9.16. The van der Waals surface area contributed by atoms with Crippen LogP contribution < -0.4 is 0 Å². The van der Waals surface area contributed by atoms with E-state index in [9.17, 15) is 8.42 Å². The van der Waals surface area contributed by atoms with Crippen LogP contribution in [0.4, 0.5) is 0 Å². The second-order valence-corrected chi connectivity index (χ2v) is 12.8. The van der Waals surface area contributed by atoms with Crippen LogP contribution in [0.3, 0.4) is 0 Å². The lowest BCUT2D eigenvalue weighted by molar-refractivity contribution is 0.0296. The molecule has 0 N–H and O–H groups in total. The normalized spacial score (nSPS) is 31.0. The Balaban J connectivity index is 1.38. The largest absolute Gasteiger partial charge is 0.350 e. The predicted molar refractivity (Wildman–Crippen MR) is 135 cm³/mol. The van der Waals surface area contributed by atoms with Crippen LogP contribution in [0.2, 0.25) is 0 Å². The van der Waals surface area contributed by atoms with Crippen molar-refractivity contribution in [3.05, 3.63) is 89.7 Å². The highest BCUT2D eigenvalue weighted by Gasteiger charge is 2.56. The van der Waals surface area contributed by atoms with Crippen LogP contribution >= 0.6 is 0 Å². The van der Waals surface area contributed by atoms with Crippen molar-refractivity contribution in [3.63, 3.8) is 0 Å². The molecule has 0 unspecified atom stereocenters. The summed E-state index contributed by atoms with van der Waals surface area (Å²) >= 11 is 0. The molecule has 0 spiro atoms. The second kappa shape index (κ2) is 8.39. The van der Waals surface area contributed by atoms with Crippen LogP contribution in [0.25, 0.3) is 0 Å². The van der Waals surface area contributed by atoms with Crippen LogP contribution in [0, 0.1) is 36.5 Å². The van der Waals surface area contributed by atoms with Gasteiger partial charge in [0.15, 0.2) is 0 Å². The fourth-order valence-electron chi connectivity index (χ4n) is 7.43. The van der Waals surface area contributed by atoms with Crippen LogP contribution in [0.5, 0.6) is 0 Å². The Labute approximate surface area is 203 Å². The zero-order valence-corrected chi connectivity index (χ0v) is 20.9. The van der Waals surface area contributed by atoms with E-state index in [1.807, 2.05) is 29.4 Å². The Morgan fingerprint density at radius 3 is 2.44 bits per heavy atom. The van der Waals surface area contributed by atoms with Gasteiger partial charge in [-0.05, 0) is 85.1 Å². The van der Waals surface area contributed by atoms with Gasteiger partial charge in [-0.2, -0.15) is 4.31 Å². The fraction of sp³-hybridized carbons (Fsp3) is 0.448. The van der Waals surface area contributed by atoms with E-state index in [-0.39, 0.29) is 6.04 Å². The molecule has 4 nitrogen and oxygen atoms in total. The molecule has 1 aliphatic heterocycles. The maximum Gasteiger partial charge on any atom is 0.243 e. The molecule has 0 radical (unpaired) electrons. The summed E-state index contributed by atoms with van der Waals surface area (Å²) in [6.45, 7) is 5.76. The lowest BCUT2D eigenvalue weighted by atomic mass is 9.67. The van der Waals surface area contributed by atoms with Gasteiger partial charge in [0.25, 0.3) is 0 Å². The van der Waals surface area contributed by atoms with Gasteiger partial charge in [0.05, 0.1) is 10.9 Å². The van der Waals surface area contributed by atoms with Gasteiger partial charge in [-0.15, -0.1) is 0 Å². The molecule has 178 valence electrons. The van der Waals surface area contributed by atoms with Gasteiger partial charge in [0.1, 0.15) is 0 Å². The number of benzene rings is 2. The van der Waals surface area contributed by atoms with E-state index in [4.69, 9.17) is 0 Å². The first kappa shape index (κ1) is 22.1. The monoisotopic (exact) mass is 474 g/mol. The molecule has 5 heteroatoms. The molecule has 0 amide bonds. The van der Waals surface area contributed by atoms with E-state index in [2.05, 4.69) is 54.2 Å². The molecule has 2 saturated carbocycles. The molecule has 1 aromatic heterocycles. The summed E-state index contributed by atoms with van der Waals surface area (Å²) in [7, 11) is -3.59. The van der Waals surface area contributed by atoms with Crippen molar-refractivity contribution < 1.29 is 8.42 Å². The molecule has 2 aromatic carbocycles. The first-order chi connectivity index (χ1) is 16.4. The lowest BCUT2D eigenvalue weighted by Crippen LogP contribution is -2.51. The quantitative estimate of drug-likeness (QED) is 0.463. The smallest absolute Gasteiger partial charge is 0.243 e. The van der Waals surface area contributed by atoms with Crippen LogP contribution in [0.15, 0.2) is 78.0 Å². The summed E-state index contributed by atoms with van der Waals surface area (Å²) in [5, 5.41) is 0. The molecular weight excluding hydrogens is 440 g/mol. The highest BCUT2D eigenvalue weighted by atomic mass is 32.2. The summed E-state index contributed by atoms with van der Waals surface area (Å²) < 4.78 is 32.1. The number of rotatable bonds is 5. The minimum atomic E-state index is -3.59. The van der Waals surface area contributed by atoms with E-state index < -0.39 is 10.0 Å². The van der Waals surface area contributed by atoms with Crippen LogP contribution in [-0.4, -0.2) is 23.8 Å². The third-order valence-corrected chi connectivity index (χ3v) is 10.8. The standard InChI is InChI=1S/C29H34N2O2S/c1-20-8-12-26(13-9-20)34(32,33)31-19-27-23-10-11-24(16-23)28(27)21(2)29(31)25-14-15-30(18-25)17-22-6-4-3-5-7-22/h3-9,12-15,18,21,23-24,27-29H,10-11,16-17,19H2,1-2H3/t21-,23+,24-,27-,28+,29+/m1/s1. The highest BCUT2D eigenvalue weighted by Crippen LogP contribution is 2.60. The van der Waals surface area contributed by atoms with Gasteiger partial charge < -0.3 is 4.57 Å². The van der Waals surface area contributed by atoms with Gasteiger partial charge in [0.2, 0.25) is 10.0 Å². The van der Waals surface area contributed by atoms with E-state index in [0.29, 0.717) is 35.1 Å². The van der Waals surface area contributed by atoms with Crippen LogP contribution in [-0.2, 0) is 16.6 Å². The second-order valence-electron chi connectivity index (χ2n) is 10.9. The van der Waals surface area contributed by atoms with Gasteiger partial charge in [-0.25, -0.2) is 8.42 Å². The summed E-state index contributed by atoms with van der Waals surface area (Å²) in [6.07, 6.45) is 8.18. The topological polar surface area (TPSA) is 42.3 Å². The SMILES string of the molecule is Cc1ccc(S(=O)(=O)N2C[C@@H]3[C@H]4CC[C@H](C4)[C@@H]3[C@@H](C)[C@H]2c2ccn(Cc3ccccc3)c2)cc1. The van der Waals surface area contributed by atoms with Gasteiger partial charge in [0, 0.05) is 25.5 Å². The summed E-state index contributed by atoms with van der Waals surface area (Å²) in [5.74, 6) is 2.89. The molecule has 6 atom stereocenters. The number of piperidine rings is 1. The molecule has 3 aliphatic rings. The molecule has 3 aromatic rings. The highest BCUT2D eigenvalue weighted by molar-refractivity contribution is 7.89. The Bertz CT molecular complexity index is 1260. The zero-order chi connectivity index (χ0) is 23.4. The van der Waals surface area contributed by atoms with E-state index >= 15 is 0 Å². The molecule has 6 rings (SSSR count). The first-order valence-corrected chi connectivity index (χ1v) is 14.1. The molecule has 2 heterocycles. The Morgan fingerprint density at radius 2 is 1.68 bits per heavy atom. The number of fused-ring (bicyclic) bond motifs is 5. The maximum atomic E-state index is 14.0. The Hall–Kier alpha value is -2.37. The van der Waals surface area contributed by atoms with Gasteiger partial charge >= 0.3 is 0 Å². The molecule has 1 saturated heterocycles. The number of nitrogens with zero attached hydrogens (tertiary/aromatic N) is 2. The van der Waals surface area contributed by atoms with Crippen molar-refractivity contribution in [1.29, 1.82) is 0 Å². The number of hydrogen-bond acceptors (Lipinski definition) is 2. The minimum Gasteiger partial charge on any atom is -0.350 e. The van der Waals surface area contributed by atoms with Crippen molar-refractivity contribution in [1.82, 2.24) is 8.87 Å². The maximum absolute atomic E-state index is 14.0. The third-order valence-electron chi connectivity index (χ3n) is 8.91. The number of aromatic nitrogens is 1. The van der Waals surface area contributed by atoms with Crippen molar-refractivity contribution in [2.75, 3.05) is 6.54 Å². The number of hydrogen-bond donors (Lipinski definition) is 0. The molecule has 3 fully saturated rings. The third kappa shape index (κ3) is 3.64. The molecular formula is C29H34N2O2S. The average Bonchev–Trinajstić information content (AvgIpc) is 3.57. The van der Waals surface area contributed by atoms with Crippen molar-refractivity contribution in [2.24, 2.45) is 29.6 Å².